The Kier molecular flexibility index (Phi) is 14.0. The lowest BCUT2D eigenvalue weighted by molar-refractivity contribution is 0.105. The van der Waals surface area contributed by atoms with Gasteiger partial charge in [0.2, 0.25) is 0 Å². The Labute approximate surface area is 164 Å². The maximum atomic E-state index is 9.89. The summed E-state index contributed by atoms with van der Waals surface area (Å²) < 4.78 is 5.65. The molecule has 1 rings (SSSR count). The van der Waals surface area contributed by atoms with Crippen LogP contribution in [0, 0.1) is 0 Å². The number of benzene rings is 1. The molecule has 0 aliphatic carbocycles. The Morgan fingerprint density at radius 1 is 1.12 bits per heavy atom. The van der Waals surface area contributed by atoms with Gasteiger partial charge in [-0.25, -0.2) is 0 Å². The van der Waals surface area contributed by atoms with Crippen molar-refractivity contribution >= 4 is 48.6 Å². The van der Waals surface area contributed by atoms with Gasteiger partial charge in [0.1, 0.15) is 18.5 Å². The first-order valence-corrected chi connectivity index (χ1v) is 7.35. The minimum absolute atomic E-state index is 0. The Balaban J connectivity index is -0.00000147. The lowest BCUT2D eigenvalue weighted by Crippen LogP contribution is -2.35. The van der Waals surface area contributed by atoms with Crippen LogP contribution in [0.4, 0.5) is 11.4 Å². The number of nitrogens with two attached hydrogens (primary N) is 2. The minimum Gasteiger partial charge on any atom is -0.489 e. The van der Waals surface area contributed by atoms with E-state index in [0.717, 1.165) is 5.56 Å². The van der Waals surface area contributed by atoms with E-state index in [9.17, 15) is 5.11 Å². The number of aliphatic hydroxyl groups is 1. The summed E-state index contributed by atoms with van der Waals surface area (Å²) in [6, 6.07) is 4.09. The monoisotopic (exact) mass is 403 g/mol. The van der Waals surface area contributed by atoms with Gasteiger partial charge in [-0.3, -0.25) is 0 Å². The summed E-state index contributed by atoms with van der Waals surface area (Å²) >= 11 is 0. The summed E-state index contributed by atoms with van der Waals surface area (Å²) in [6.07, 6.45) is -0.591. The molecule has 1 aromatic carbocycles. The summed E-state index contributed by atoms with van der Waals surface area (Å²) in [6.45, 7) is 11.0. The van der Waals surface area contributed by atoms with Gasteiger partial charge in [0.05, 0.1) is 11.4 Å². The largest absolute Gasteiger partial charge is 0.489 e. The Hall–Kier alpha value is -0.590. The van der Waals surface area contributed by atoms with Crippen molar-refractivity contribution in [2.24, 2.45) is 0 Å². The fourth-order valence-corrected chi connectivity index (χ4v) is 1.82. The van der Waals surface area contributed by atoms with Crippen LogP contribution in [-0.4, -0.2) is 30.4 Å². The van der Waals surface area contributed by atoms with E-state index in [1.807, 2.05) is 26.0 Å². The molecule has 0 aliphatic rings. The lowest BCUT2D eigenvalue weighted by Gasteiger charge is -2.22. The number of anilines is 2. The summed E-state index contributed by atoms with van der Waals surface area (Å²) in [5.41, 5.74) is 13.8. The molecule has 0 saturated heterocycles. The molecule has 144 valence electrons. The number of ether oxygens (including phenoxy) is 1. The van der Waals surface area contributed by atoms with Crippen LogP contribution in [0.25, 0.3) is 0 Å². The topological polar surface area (TPSA) is 93.5 Å². The third-order valence-electron chi connectivity index (χ3n) is 3.23. The van der Waals surface area contributed by atoms with Crippen molar-refractivity contribution in [1.82, 2.24) is 5.32 Å². The molecule has 5 nitrogen and oxygen atoms in total. The minimum atomic E-state index is -0.591. The van der Waals surface area contributed by atoms with Gasteiger partial charge in [-0.2, -0.15) is 0 Å². The SMILES string of the molecule is CC(C)NCC(O)COc1cc(C(C)(C)C)cc(N)c1N.Cl.Cl.Cl. The van der Waals surface area contributed by atoms with Gasteiger partial charge in [-0.1, -0.05) is 34.6 Å². The van der Waals surface area contributed by atoms with E-state index in [1.165, 1.54) is 0 Å². The maximum Gasteiger partial charge on any atom is 0.144 e. The van der Waals surface area contributed by atoms with Gasteiger partial charge in [0.25, 0.3) is 0 Å². The summed E-state index contributed by atoms with van der Waals surface area (Å²) in [4.78, 5) is 0. The second-order valence-electron chi connectivity index (χ2n) is 6.76. The van der Waals surface area contributed by atoms with Gasteiger partial charge >= 0.3 is 0 Å². The van der Waals surface area contributed by atoms with E-state index in [2.05, 4.69) is 26.1 Å². The average Bonchev–Trinajstić information content (AvgIpc) is 2.36. The zero-order valence-electron chi connectivity index (χ0n) is 15.0. The number of nitrogens with one attached hydrogen (secondary N) is 1. The van der Waals surface area contributed by atoms with Crippen LogP contribution in [0.5, 0.6) is 5.75 Å². The molecule has 0 spiro atoms. The molecule has 24 heavy (non-hydrogen) atoms. The van der Waals surface area contributed by atoms with Crippen molar-refractivity contribution in [3.05, 3.63) is 17.7 Å². The molecular weight excluding hydrogens is 373 g/mol. The molecule has 6 N–H and O–H groups in total. The zero-order valence-corrected chi connectivity index (χ0v) is 17.4. The molecule has 0 fully saturated rings. The summed E-state index contributed by atoms with van der Waals surface area (Å²) in [7, 11) is 0. The van der Waals surface area contributed by atoms with Gasteiger partial charge in [-0.15, -0.1) is 37.2 Å². The van der Waals surface area contributed by atoms with Crippen molar-refractivity contribution in [3.8, 4) is 5.75 Å². The Morgan fingerprint density at radius 3 is 2.12 bits per heavy atom. The molecule has 0 heterocycles. The first-order chi connectivity index (χ1) is 9.61. The number of rotatable bonds is 6. The predicted molar refractivity (Wildman–Crippen MR) is 110 cm³/mol. The molecule has 1 atom stereocenters. The van der Waals surface area contributed by atoms with Crippen LogP contribution in [0.1, 0.15) is 40.2 Å². The highest BCUT2D eigenvalue weighted by molar-refractivity contribution is 5.86. The number of hydrogen-bond acceptors (Lipinski definition) is 5. The van der Waals surface area contributed by atoms with Gasteiger partial charge in [0, 0.05) is 12.6 Å². The van der Waals surface area contributed by atoms with Crippen molar-refractivity contribution < 1.29 is 9.84 Å². The molecule has 1 unspecified atom stereocenters. The molecule has 8 heteroatoms. The predicted octanol–water partition coefficient (Wildman–Crippen LogP) is 3.15. The molecule has 0 amide bonds. The third kappa shape index (κ3) is 9.04. The maximum absolute atomic E-state index is 9.89. The number of halogens is 3. The lowest BCUT2D eigenvalue weighted by atomic mass is 9.86. The molecule has 0 radical (unpaired) electrons. The van der Waals surface area contributed by atoms with Crippen molar-refractivity contribution in [3.63, 3.8) is 0 Å². The third-order valence-corrected chi connectivity index (χ3v) is 3.23. The molecule has 0 aliphatic heterocycles. The van der Waals surface area contributed by atoms with Crippen LogP contribution in [0.15, 0.2) is 12.1 Å². The second kappa shape index (κ2) is 11.9. The second-order valence-corrected chi connectivity index (χ2v) is 6.76. The van der Waals surface area contributed by atoms with Gasteiger partial charge in [-0.05, 0) is 23.1 Å². The molecule has 1 aromatic rings. The van der Waals surface area contributed by atoms with Crippen LogP contribution in [0.3, 0.4) is 0 Å². The summed E-state index contributed by atoms with van der Waals surface area (Å²) in [5, 5.41) is 13.0. The number of aliphatic hydroxyl groups excluding tert-OH is 1. The van der Waals surface area contributed by atoms with E-state index < -0.39 is 6.10 Å². The van der Waals surface area contributed by atoms with Gasteiger partial charge in [0.15, 0.2) is 0 Å². The molecule has 0 saturated carbocycles. The van der Waals surface area contributed by atoms with E-state index in [-0.39, 0.29) is 49.2 Å². The van der Waals surface area contributed by atoms with E-state index in [0.29, 0.717) is 29.7 Å². The first-order valence-electron chi connectivity index (χ1n) is 7.35. The quantitative estimate of drug-likeness (QED) is 0.546. The highest BCUT2D eigenvalue weighted by atomic mass is 35.5. The smallest absolute Gasteiger partial charge is 0.144 e. The van der Waals surface area contributed by atoms with Crippen LogP contribution >= 0.6 is 37.2 Å². The fourth-order valence-electron chi connectivity index (χ4n) is 1.82. The Morgan fingerprint density at radius 2 is 1.67 bits per heavy atom. The van der Waals surface area contributed by atoms with Gasteiger partial charge < -0.3 is 26.6 Å². The van der Waals surface area contributed by atoms with Crippen molar-refractivity contribution in [2.75, 3.05) is 24.6 Å². The first kappa shape index (κ1) is 28.2. The highest BCUT2D eigenvalue weighted by Crippen LogP contribution is 2.34. The number of hydrogen-bond donors (Lipinski definition) is 4. The average molecular weight is 405 g/mol. The standard InChI is InChI=1S/C16H29N3O2.3ClH/c1-10(2)19-8-12(20)9-21-14-7-11(16(3,4)5)6-13(17)15(14)18;;;/h6-7,10,12,19-20H,8-9,17-18H2,1-5H3;3*1H. The van der Waals surface area contributed by atoms with Crippen LogP contribution in [-0.2, 0) is 5.41 Å². The summed E-state index contributed by atoms with van der Waals surface area (Å²) in [5.74, 6) is 0.531. The normalized spacial score (nSPS) is 11.8. The van der Waals surface area contributed by atoms with E-state index >= 15 is 0 Å². The zero-order chi connectivity index (χ0) is 16.2. The van der Waals surface area contributed by atoms with Crippen LogP contribution < -0.4 is 21.5 Å². The van der Waals surface area contributed by atoms with Crippen molar-refractivity contribution in [1.29, 1.82) is 0 Å². The van der Waals surface area contributed by atoms with Crippen LogP contribution in [0.2, 0.25) is 0 Å². The van der Waals surface area contributed by atoms with E-state index in [4.69, 9.17) is 16.2 Å². The van der Waals surface area contributed by atoms with Crippen molar-refractivity contribution in [2.45, 2.75) is 52.2 Å². The molecule has 0 bridgehead atoms. The number of nitrogen functional groups attached to an aromatic ring is 2. The highest BCUT2D eigenvalue weighted by Gasteiger charge is 2.18. The molecule has 0 aromatic heterocycles. The molecular formula is C16H32Cl3N3O2. The fraction of sp³-hybridized carbons (Fsp3) is 0.625. The Bertz CT molecular complexity index is 480. The van der Waals surface area contributed by atoms with E-state index in [1.54, 1.807) is 0 Å².